The molecule has 4 nitrogen and oxygen atoms in total. The second kappa shape index (κ2) is 9.70. The van der Waals surface area contributed by atoms with Gasteiger partial charge in [0.05, 0.1) is 13.3 Å². The zero-order chi connectivity index (χ0) is 14.0. The Kier molecular flexibility index (Phi) is 9.00. The highest BCUT2D eigenvalue weighted by Gasteiger charge is 2.07. The van der Waals surface area contributed by atoms with E-state index in [0.29, 0.717) is 10.9 Å². The quantitative estimate of drug-likeness (QED) is 0.392. The molecule has 0 aromatic heterocycles. The van der Waals surface area contributed by atoms with Crippen LogP contribution in [0.3, 0.4) is 0 Å². The number of aliphatic imine (C=N–C) groups is 1. The van der Waals surface area contributed by atoms with Gasteiger partial charge in [-0.2, -0.15) is 0 Å². The summed E-state index contributed by atoms with van der Waals surface area (Å²) in [6.07, 6.45) is 3.08. The second-order valence-electron chi connectivity index (χ2n) is 3.43. The van der Waals surface area contributed by atoms with Gasteiger partial charge in [-0.3, -0.25) is 14.6 Å². The number of carbonyl (C=O) groups excluding carboxylic acids is 2. The Bertz CT molecular complexity index is 378. The van der Waals surface area contributed by atoms with Gasteiger partial charge < -0.3 is 4.74 Å². The summed E-state index contributed by atoms with van der Waals surface area (Å²) in [5.41, 5.74) is 0. The van der Waals surface area contributed by atoms with E-state index in [-0.39, 0.29) is 31.0 Å². The topological polar surface area (TPSA) is 55.7 Å². The highest BCUT2D eigenvalue weighted by molar-refractivity contribution is 9.11. The van der Waals surface area contributed by atoms with Crippen molar-refractivity contribution in [3.05, 3.63) is 22.6 Å². The molecular weight excluding hydrogens is 305 g/mol. The van der Waals surface area contributed by atoms with Crippen LogP contribution in [0.4, 0.5) is 4.39 Å². The molecule has 0 saturated heterocycles. The van der Waals surface area contributed by atoms with Crippen LogP contribution >= 0.6 is 15.9 Å². The van der Waals surface area contributed by atoms with E-state index in [4.69, 9.17) is 0 Å². The number of nitrogens with zero attached hydrogens (tertiary/aromatic N) is 1. The van der Waals surface area contributed by atoms with Crippen LogP contribution in [0.15, 0.2) is 27.6 Å². The van der Waals surface area contributed by atoms with E-state index >= 15 is 0 Å². The molecule has 0 aromatic rings. The van der Waals surface area contributed by atoms with Gasteiger partial charge in [-0.25, -0.2) is 4.39 Å². The molecule has 0 aliphatic heterocycles. The molecule has 0 aliphatic rings. The minimum atomic E-state index is -0.584. The van der Waals surface area contributed by atoms with Gasteiger partial charge in [0.2, 0.25) is 0 Å². The number of allylic oxidation sites excluding steroid dienone is 3. The van der Waals surface area contributed by atoms with Gasteiger partial charge in [-0.1, -0.05) is 15.9 Å². The summed E-state index contributed by atoms with van der Waals surface area (Å²) < 4.78 is 17.8. The van der Waals surface area contributed by atoms with Crippen LogP contribution < -0.4 is 0 Å². The number of methoxy groups -OCH3 is 1. The molecule has 0 N–H and O–H groups in total. The first kappa shape index (κ1) is 16.7. The van der Waals surface area contributed by atoms with Crippen molar-refractivity contribution in [2.45, 2.75) is 25.7 Å². The molecule has 0 spiro atoms. The maximum Gasteiger partial charge on any atom is 0.305 e. The Balaban J connectivity index is 4.05. The summed E-state index contributed by atoms with van der Waals surface area (Å²) in [6, 6.07) is 0. The van der Waals surface area contributed by atoms with Gasteiger partial charge in [-0.05, 0) is 19.2 Å². The number of hydrogen-bond acceptors (Lipinski definition) is 4. The molecule has 0 aliphatic carbocycles. The number of Topliss-reactive ketones (excluding diaryl/α,β-unsaturated/α-hetero) is 1. The zero-order valence-corrected chi connectivity index (χ0v) is 11.7. The van der Waals surface area contributed by atoms with Crippen molar-refractivity contribution in [1.82, 2.24) is 0 Å². The minimum Gasteiger partial charge on any atom is -0.469 e. The van der Waals surface area contributed by atoms with E-state index in [1.807, 2.05) is 0 Å². The Labute approximate surface area is 114 Å². The lowest BCUT2D eigenvalue weighted by Gasteiger charge is -2.00. The smallest absolute Gasteiger partial charge is 0.305 e. The Morgan fingerprint density at radius 1 is 1.44 bits per heavy atom. The summed E-state index contributed by atoms with van der Waals surface area (Å²) in [5.74, 6) is -1.01. The maximum atomic E-state index is 13.0. The molecule has 0 bridgehead atoms. The van der Waals surface area contributed by atoms with E-state index in [0.717, 1.165) is 12.3 Å². The molecule has 0 radical (unpaired) electrons. The van der Waals surface area contributed by atoms with E-state index in [2.05, 4.69) is 32.4 Å². The predicted molar refractivity (Wildman–Crippen MR) is 71.2 cm³/mol. The molecular formula is C12H15BrFNO3. The highest BCUT2D eigenvalue weighted by atomic mass is 79.9. The first-order valence-electron chi connectivity index (χ1n) is 5.25. The monoisotopic (exact) mass is 319 g/mol. The SMILES string of the molecule is C=N/C=C(F)\C=C(\Br)CC(=O)CCCC(=O)OC. The number of esters is 1. The first-order chi connectivity index (χ1) is 8.49. The van der Waals surface area contributed by atoms with Gasteiger partial charge in [0, 0.05) is 23.7 Å². The van der Waals surface area contributed by atoms with Crippen molar-refractivity contribution in [1.29, 1.82) is 0 Å². The van der Waals surface area contributed by atoms with Crippen LogP contribution in [0.1, 0.15) is 25.7 Å². The molecule has 100 valence electrons. The molecule has 0 amide bonds. The standard InChI is InChI=1S/C12H15BrFNO3/c1-15-8-10(14)6-9(13)7-11(16)4-3-5-12(17)18-2/h6,8H,1,3-5,7H2,2H3/b9-6+,10-8+. The summed E-state index contributed by atoms with van der Waals surface area (Å²) >= 11 is 3.09. The van der Waals surface area contributed by atoms with Crippen molar-refractivity contribution >= 4 is 34.4 Å². The molecule has 0 rings (SSSR count). The van der Waals surface area contributed by atoms with Crippen LogP contribution in [-0.2, 0) is 14.3 Å². The highest BCUT2D eigenvalue weighted by Crippen LogP contribution is 2.16. The molecule has 0 heterocycles. The summed E-state index contributed by atoms with van der Waals surface area (Å²) in [6.45, 7) is 3.11. The Hall–Kier alpha value is -1.30. The number of rotatable bonds is 8. The zero-order valence-electron chi connectivity index (χ0n) is 10.1. The first-order valence-corrected chi connectivity index (χ1v) is 6.05. The number of ether oxygens (including phenoxy) is 1. The van der Waals surface area contributed by atoms with E-state index in [9.17, 15) is 14.0 Å². The lowest BCUT2D eigenvalue weighted by molar-refractivity contribution is -0.140. The number of ketones is 1. The third kappa shape index (κ3) is 8.81. The Morgan fingerprint density at radius 3 is 2.67 bits per heavy atom. The van der Waals surface area contributed by atoms with Crippen molar-refractivity contribution in [3.63, 3.8) is 0 Å². The van der Waals surface area contributed by atoms with Crippen LogP contribution in [-0.4, -0.2) is 25.6 Å². The second-order valence-corrected chi connectivity index (χ2v) is 4.45. The van der Waals surface area contributed by atoms with Crippen molar-refractivity contribution in [3.8, 4) is 0 Å². The van der Waals surface area contributed by atoms with E-state index in [1.54, 1.807) is 0 Å². The number of hydrogen-bond donors (Lipinski definition) is 0. The van der Waals surface area contributed by atoms with Crippen molar-refractivity contribution in [2.75, 3.05) is 7.11 Å². The molecule has 0 atom stereocenters. The van der Waals surface area contributed by atoms with Gasteiger partial charge >= 0.3 is 5.97 Å². The van der Waals surface area contributed by atoms with Gasteiger partial charge in [0.1, 0.15) is 11.6 Å². The predicted octanol–water partition coefficient (Wildman–Crippen LogP) is 3.08. The third-order valence-corrected chi connectivity index (χ3v) is 2.45. The van der Waals surface area contributed by atoms with E-state index < -0.39 is 5.83 Å². The molecule has 0 aromatic carbocycles. The van der Waals surface area contributed by atoms with Gasteiger partial charge in [0.25, 0.3) is 0 Å². The fraction of sp³-hybridized carbons (Fsp3) is 0.417. The van der Waals surface area contributed by atoms with Gasteiger partial charge in [0.15, 0.2) is 0 Å². The summed E-state index contributed by atoms with van der Waals surface area (Å²) in [4.78, 5) is 25.5. The summed E-state index contributed by atoms with van der Waals surface area (Å²) in [7, 11) is 1.30. The molecule has 6 heteroatoms. The lowest BCUT2D eigenvalue weighted by atomic mass is 10.1. The third-order valence-electron chi connectivity index (χ3n) is 1.94. The van der Waals surface area contributed by atoms with Gasteiger partial charge in [-0.15, -0.1) is 0 Å². The lowest BCUT2D eigenvalue weighted by Crippen LogP contribution is -2.03. The maximum absolute atomic E-state index is 13.0. The molecule has 0 saturated carbocycles. The van der Waals surface area contributed by atoms with Crippen molar-refractivity contribution < 1.29 is 18.7 Å². The van der Waals surface area contributed by atoms with E-state index in [1.165, 1.54) is 7.11 Å². The van der Waals surface area contributed by atoms with Crippen LogP contribution in [0, 0.1) is 0 Å². The molecule has 0 fully saturated rings. The van der Waals surface area contributed by atoms with Crippen LogP contribution in [0.25, 0.3) is 0 Å². The number of carbonyl (C=O) groups is 2. The van der Waals surface area contributed by atoms with Crippen LogP contribution in [0.2, 0.25) is 0 Å². The summed E-state index contributed by atoms with van der Waals surface area (Å²) in [5, 5.41) is 0. The van der Waals surface area contributed by atoms with Crippen molar-refractivity contribution in [2.24, 2.45) is 4.99 Å². The minimum absolute atomic E-state index is 0.0820. The molecule has 0 unspecified atom stereocenters. The number of halogens is 2. The largest absolute Gasteiger partial charge is 0.469 e. The fourth-order valence-corrected chi connectivity index (χ4v) is 1.67. The normalized spacial score (nSPS) is 12.2. The Morgan fingerprint density at radius 2 is 2.11 bits per heavy atom. The molecule has 18 heavy (non-hydrogen) atoms. The average Bonchev–Trinajstić information content (AvgIpc) is 2.28. The fourth-order valence-electron chi connectivity index (χ4n) is 1.13. The van der Waals surface area contributed by atoms with Crippen LogP contribution in [0.5, 0.6) is 0 Å². The average molecular weight is 320 g/mol.